The van der Waals surface area contributed by atoms with Gasteiger partial charge in [-0.3, -0.25) is 9.59 Å². The molecule has 3 aromatic carbocycles. The Balaban J connectivity index is 1.64. The molecular formula is C24H22N2O5S. The highest BCUT2D eigenvalue weighted by molar-refractivity contribution is 7.89. The Hall–Kier alpha value is -3.49. The van der Waals surface area contributed by atoms with Crippen LogP contribution >= 0.6 is 0 Å². The molecule has 0 radical (unpaired) electrons. The van der Waals surface area contributed by atoms with E-state index in [-0.39, 0.29) is 33.2 Å². The summed E-state index contributed by atoms with van der Waals surface area (Å²) in [5.74, 6) is -1.22. The average Bonchev–Trinajstić information content (AvgIpc) is 3.36. The van der Waals surface area contributed by atoms with Gasteiger partial charge < -0.3 is 10.4 Å². The number of carbonyl (C=O) groups excluding carboxylic acids is 2. The van der Waals surface area contributed by atoms with Crippen LogP contribution in [0, 0.1) is 0 Å². The van der Waals surface area contributed by atoms with Gasteiger partial charge in [0.25, 0.3) is 5.91 Å². The zero-order valence-electron chi connectivity index (χ0n) is 17.2. The van der Waals surface area contributed by atoms with Crippen molar-refractivity contribution in [2.75, 3.05) is 18.4 Å². The van der Waals surface area contributed by atoms with Gasteiger partial charge in [0, 0.05) is 24.2 Å². The first-order valence-electron chi connectivity index (χ1n) is 10.2. The van der Waals surface area contributed by atoms with Crippen LogP contribution in [0.5, 0.6) is 5.75 Å². The summed E-state index contributed by atoms with van der Waals surface area (Å²) in [5, 5.41) is 12.8. The lowest BCUT2D eigenvalue weighted by Gasteiger charge is -2.17. The molecule has 0 saturated carbocycles. The van der Waals surface area contributed by atoms with Gasteiger partial charge in [0.1, 0.15) is 5.75 Å². The van der Waals surface area contributed by atoms with E-state index in [4.69, 9.17) is 0 Å². The maximum Gasteiger partial charge on any atom is 0.256 e. The molecule has 8 heteroatoms. The van der Waals surface area contributed by atoms with Gasteiger partial charge >= 0.3 is 0 Å². The second kappa shape index (κ2) is 8.94. The molecule has 0 bridgehead atoms. The van der Waals surface area contributed by atoms with Crippen molar-refractivity contribution in [1.29, 1.82) is 0 Å². The van der Waals surface area contributed by atoms with Gasteiger partial charge in [0.05, 0.1) is 16.1 Å². The van der Waals surface area contributed by atoms with Gasteiger partial charge in [-0.15, -0.1) is 0 Å². The van der Waals surface area contributed by atoms with Gasteiger partial charge in [-0.2, -0.15) is 4.31 Å². The van der Waals surface area contributed by atoms with Crippen molar-refractivity contribution in [1.82, 2.24) is 4.31 Å². The van der Waals surface area contributed by atoms with Crippen LogP contribution in [0.3, 0.4) is 0 Å². The summed E-state index contributed by atoms with van der Waals surface area (Å²) in [6, 6.07) is 18.7. The highest BCUT2D eigenvalue weighted by Gasteiger charge is 2.28. The summed E-state index contributed by atoms with van der Waals surface area (Å²) in [6.45, 7) is 0.889. The van der Waals surface area contributed by atoms with E-state index in [9.17, 15) is 23.1 Å². The van der Waals surface area contributed by atoms with E-state index in [1.807, 2.05) is 0 Å². The normalized spacial score (nSPS) is 14.2. The second-order valence-corrected chi connectivity index (χ2v) is 9.42. The summed E-state index contributed by atoms with van der Waals surface area (Å²) in [6.07, 6.45) is 1.60. The van der Waals surface area contributed by atoms with Crippen LogP contribution in [-0.4, -0.2) is 42.6 Å². The van der Waals surface area contributed by atoms with Gasteiger partial charge in [-0.05, 0) is 37.1 Å². The lowest BCUT2D eigenvalue weighted by atomic mass is 9.98. The number of amides is 1. The third-order valence-corrected chi connectivity index (χ3v) is 7.27. The molecule has 1 saturated heterocycles. The van der Waals surface area contributed by atoms with Crippen molar-refractivity contribution < 1.29 is 23.1 Å². The third-order valence-electron chi connectivity index (χ3n) is 5.37. The second-order valence-electron chi connectivity index (χ2n) is 7.49. The third kappa shape index (κ3) is 4.28. The molecule has 3 aromatic rings. The van der Waals surface area contributed by atoms with E-state index < -0.39 is 15.9 Å². The predicted molar refractivity (Wildman–Crippen MR) is 120 cm³/mol. The largest absolute Gasteiger partial charge is 0.506 e. The zero-order valence-corrected chi connectivity index (χ0v) is 18.0. The van der Waals surface area contributed by atoms with Gasteiger partial charge in [0.15, 0.2) is 5.78 Å². The van der Waals surface area contributed by atoms with Crippen LogP contribution in [-0.2, 0) is 10.0 Å². The predicted octanol–water partition coefficient (Wildman–Crippen LogP) is 3.66. The van der Waals surface area contributed by atoms with Crippen molar-refractivity contribution in [3.8, 4) is 5.75 Å². The first kappa shape index (κ1) is 21.7. The van der Waals surface area contributed by atoms with Crippen molar-refractivity contribution >= 4 is 27.4 Å². The Morgan fingerprint density at radius 3 is 2.16 bits per heavy atom. The highest BCUT2D eigenvalue weighted by atomic mass is 32.2. The van der Waals surface area contributed by atoms with Crippen LogP contribution in [0.1, 0.15) is 39.1 Å². The van der Waals surface area contributed by atoms with Crippen LogP contribution in [0.15, 0.2) is 77.7 Å². The summed E-state index contributed by atoms with van der Waals surface area (Å²) in [5.41, 5.74) is 0.719. The minimum Gasteiger partial charge on any atom is -0.506 e. The molecule has 4 rings (SSSR count). The molecule has 1 amide bonds. The fourth-order valence-corrected chi connectivity index (χ4v) is 5.21. The Morgan fingerprint density at radius 2 is 1.47 bits per heavy atom. The molecule has 164 valence electrons. The summed E-state index contributed by atoms with van der Waals surface area (Å²) in [4.78, 5) is 25.9. The number of carbonyl (C=O) groups is 2. The molecule has 1 aliphatic rings. The molecule has 2 N–H and O–H groups in total. The van der Waals surface area contributed by atoms with Crippen molar-refractivity contribution in [2.24, 2.45) is 0 Å². The minimum atomic E-state index is -3.72. The number of anilines is 1. The topological polar surface area (TPSA) is 104 Å². The number of benzene rings is 3. The number of hydrogen-bond donors (Lipinski definition) is 2. The van der Waals surface area contributed by atoms with Crippen LogP contribution in [0.25, 0.3) is 0 Å². The van der Waals surface area contributed by atoms with Gasteiger partial charge in [0.2, 0.25) is 10.0 Å². The van der Waals surface area contributed by atoms with E-state index in [2.05, 4.69) is 5.32 Å². The number of hydrogen-bond acceptors (Lipinski definition) is 5. The number of nitrogens with zero attached hydrogens (tertiary/aromatic N) is 1. The van der Waals surface area contributed by atoms with Crippen LogP contribution in [0.2, 0.25) is 0 Å². The Morgan fingerprint density at radius 1 is 0.844 bits per heavy atom. The average molecular weight is 451 g/mol. The van der Waals surface area contributed by atoms with Gasteiger partial charge in [-0.1, -0.05) is 48.5 Å². The van der Waals surface area contributed by atoms with Gasteiger partial charge in [-0.25, -0.2) is 8.42 Å². The molecule has 0 aromatic heterocycles. The summed E-state index contributed by atoms with van der Waals surface area (Å²) in [7, 11) is -3.72. The number of ketones is 1. The van der Waals surface area contributed by atoms with E-state index >= 15 is 0 Å². The SMILES string of the molecule is O=C(Nc1cc(S(=O)(=O)N2CCCC2)ccc1O)c1ccccc1C(=O)c1ccccc1. The smallest absolute Gasteiger partial charge is 0.256 e. The first-order chi connectivity index (χ1) is 15.4. The Bertz CT molecular complexity index is 1270. The van der Waals surface area contributed by atoms with E-state index in [0.29, 0.717) is 18.7 Å². The van der Waals surface area contributed by atoms with Crippen LogP contribution < -0.4 is 5.32 Å². The number of aromatic hydroxyl groups is 1. The Kier molecular flexibility index (Phi) is 6.07. The number of rotatable bonds is 6. The van der Waals surface area contributed by atoms with E-state index in [1.54, 1.807) is 48.5 Å². The zero-order chi connectivity index (χ0) is 22.7. The minimum absolute atomic E-state index is 0.0128. The molecule has 1 aliphatic heterocycles. The summed E-state index contributed by atoms with van der Waals surface area (Å²) < 4.78 is 27.1. The maximum absolute atomic E-state index is 13.0. The molecular weight excluding hydrogens is 428 g/mol. The molecule has 7 nitrogen and oxygen atoms in total. The highest BCUT2D eigenvalue weighted by Crippen LogP contribution is 2.30. The monoisotopic (exact) mass is 450 g/mol. The van der Waals surface area contributed by atoms with E-state index in [1.165, 1.54) is 28.6 Å². The summed E-state index contributed by atoms with van der Waals surface area (Å²) >= 11 is 0. The fraction of sp³-hybridized carbons (Fsp3) is 0.167. The number of phenols is 1. The van der Waals surface area contributed by atoms with Crippen molar-refractivity contribution in [2.45, 2.75) is 17.7 Å². The first-order valence-corrected chi connectivity index (χ1v) is 11.7. The standard InChI is InChI=1S/C24H22N2O5S/c27-22-13-12-18(32(30,31)26-14-6-7-15-26)16-21(22)25-24(29)20-11-5-4-10-19(20)23(28)17-8-2-1-3-9-17/h1-5,8-13,16,27H,6-7,14-15H2,(H,25,29). The molecule has 0 aliphatic carbocycles. The van der Waals surface area contributed by atoms with E-state index in [0.717, 1.165) is 12.8 Å². The number of nitrogens with one attached hydrogen (secondary N) is 1. The quantitative estimate of drug-likeness (QED) is 0.441. The van der Waals surface area contributed by atoms with Crippen molar-refractivity contribution in [3.05, 3.63) is 89.5 Å². The molecule has 32 heavy (non-hydrogen) atoms. The van der Waals surface area contributed by atoms with Crippen LogP contribution in [0.4, 0.5) is 5.69 Å². The molecule has 1 heterocycles. The number of phenolic OH excluding ortho intramolecular Hbond substituents is 1. The fourth-order valence-electron chi connectivity index (χ4n) is 3.67. The lowest BCUT2D eigenvalue weighted by molar-refractivity contribution is 0.0996. The molecule has 0 spiro atoms. The lowest BCUT2D eigenvalue weighted by Crippen LogP contribution is -2.28. The molecule has 1 fully saturated rings. The molecule has 0 atom stereocenters. The number of sulfonamides is 1. The maximum atomic E-state index is 13.0. The van der Waals surface area contributed by atoms with Crippen molar-refractivity contribution in [3.63, 3.8) is 0 Å². The Labute approximate surface area is 186 Å². The molecule has 0 unspecified atom stereocenters.